The maximum absolute atomic E-state index is 11.9. The number of aromatic nitrogens is 1. The molecule has 0 N–H and O–H groups in total. The standard InChI is InChI=1S/C23H31N3O3/c1-3-28-21-8-5-4-7-19(21)23-24-20(17(2)29-23)16-25-13-10-18(11-14-25)15-26-12-6-9-22(26)27/h4-5,7-8,18H,3,6,9-16H2,1-2H3. The zero-order chi connectivity index (χ0) is 20.2. The van der Waals surface area contributed by atoms with Gasteiger partial charge in [0.05, 0.1) is 17.9 Å². The predicted octanol–water partition coefficient (Wildman–Crippen LogP) is 3.88. The highest BCUT2D eigenvalue weighted by Crippen LogP contribution is 2.31. The zero-order valence-corrected chi connectivity index (χ0v) is 17.5. The van der Waals surface area contributed by atoms with Gasteiger partial charge in [-0.15, -0.1) is 0 Å². The van der Waals surface area contributed by atoms with Crippen LogP contribution in [0.3, 0.4) is 0 Å². The van der Waals surface area contributed by atoms with E-state index >= 15 is 0 Å². The van der Waals surface area contributed by atoms with Crippen molar-refractivity contribution in [3.8, 4) is 17.2 Å². The number of ether oxygens (including phenoxy) is 1. The van der Waals surface area contributed by atoms with Crippen molar-refractivity contribution in [1.29, 1.82) is 0 Å². The average Bonchev–Trinajstić information content (AvgIpc) is 3.29. The van der Waals surface area contributed by atoms with Crippen molar-refractivity contribution >= 4 is 5.91 Å². The van der Waals surface area contributed by atoms with Crippen LogP contribution in [0, 0.1) is 12.8 Å². The molecule has 2 aliphatic heterocycles. The van der Waals surface area contributed by atoms with Crippen LogP contribution in [-0.4, -0.2) is 53.5 Å². The molecule has 0 bridgehead atoms. The summed E-state index contributed by atoms with van der Waals surface area (Å²) < 4.78 is 11.7. The van der Waals surface area contributed by atoms with E-state index in [9.17, 15) is 4.79 Å². The molecule has 0 unspecified atom stereocenters. The Morgan fingerprint density at radius 1 is 1.21 bits per heavy atom. The molecule has 1 amide bonds. The minimum absolute atomic E-state index is 0.338. The number of hydrogen-bond acceptors (Lipinski definition) is 5. The molecule has 6 nitrogen and oxygen atoms in total. The van der Waals surface area contributed by atoms with Crippen molar-refractivity contribution in [1.82, 2.24) is 14.8 Å². The molecule has 1 aromatic carbocycles. The zero-order valence-electron chi connectivity index (χ0n) is 17.5. The second-order valence-electron chi connectivity index (χ2n) is 8.11. The van der Waals surface area contributed by atoms with E-state index in [1.807, 2.05) is 38.1 Å². The van der Waals surface area contributed by atoms with Crippen molar-refractivity contribution in [2.45, 2.75) is 46.1 Å². The first-order valence-electron chi connectivity index (χ1n) is 10.8. The lowest BCUT2D eigenvalue weighted by Gasteiger charge is -2.33. The van der Waals surface area contributed by atoms with Gasteiger partial charge in [-0.25, -0.2) is 4.98 Å². The molecule has 2 saturated heterocycles. The lowest BCUT2D eigenvalue weighted by Crippen LogP contribution is -2.39. The number of para-hydroxylation sites is 1. The quantitative estimate of drug-likeness (QED) is 0.710. The smallest absolute Gasteiger partial charge is 0.230 e. The normalized spacial score (nSPS) is 18.6. The van der Waals surface area contributed by atoms with Crippen molar-refractivity contribution < 1.29 is 13.9 Å². The number of carbonyl (C=O) groups is 1. The lowest BCUT2D eigenvalue weighted by molar-refractivity contribution is -0.128. The highest BCUT2D eigenvalue weighted by atomic mass is 16.5. The van der Waals surface area contributed by atoms with Crippen LogP contribution in [0.4, 0.5) is 0 Å². The van der Waals surface area contributed by atoms with Crippen molar-refractivity contribution in [3.63, 3.8) is 0 Å². The summed E-state index contributed by atoms with van der Waals surface area (Å²) in [5.41, 5.74) is 1.90. The molecule has 3 heterocycles. The predicted molar refractivity (Wildman–Crippen MR) is 112 cm³/mol. The summed E-state index contributed by atoms with van der Waals surface area (Å²) in [6.07, 6.45) is 4.04. The number of nitrogens with zero attached hydrogens (tertiary/aromatic N) is 3. The van der Waals surface area contributed by atoms with E-state index in [0.717, 1.165) is 81.2 Å². The molecule has 0 radical (unpaired) electrons. The average molecular weight is 398 g/mol. The molecular formula is C23H31N3O3. The molecule has 156 valence electrons. The first-order chi connectivity index (χ1) is 14.1. The van der Waals surface area contributed by atoms with Crippen LogP contribution in [0.15, 0.2) is 28.7 Å². The van der Waals surface area contributed by atoms with E-state index in [4.69, 9.17) is 14.1 Å². The van der Waals surface area contributed by atoms with Gasteiger partial charge in [0.2, 0.25) is 11.8 Å². The van der Waals surface area contributed by atoms with Gasteiger partial charge < -0.3 is 14.1 Å². The van der Waals surface area contributed by atoms with Crippen LogP contribution in [0.2, 0.25) is 0 Å². The molecular weight excluding hydrogens is 366 g/mol. The number of aryl methyl sites for hydroxylation is 1. The van der Waals surface area contributed by atoms with E-state index in [1.165, 1.54) is 0 Å². The summed E-state index contributed by atoms with van der Waals surface area (Å²) in [5, 5.41) is 0. The minimum Gasteiger partial charge on any atom is -0.493 e. The highest BCUT2D eigenvalue weighted by Gasteiger charge is 2.27. The number of likely N-dealkylation sites (tertiary alicyclic amines) is 2. The second-order valence-corrected chi connectivity index (χ2v) is 8.11. The summed E-state index contributed by atoms with van der Waals surface area (Å²) in [6, 6.07) is 7.89. The molecule has 0 spiro atoms. The topological polar surface area (TPSA) is 58.8 Å². The van der Waals surface area contributed by atoms with Gasteiger partial charge in [-0.05, 0) is 64.3 Å². The first-order valence-corrected chi connectivity index (χ1v) is 10.8. The summed E-state index contributed by atoms with van der Waals surface area (Å²) in [6.45, 7) is 9.36. The Hall–Kier alpha value is -2.34. The third-order valence-corrected chi connectivity index (χ3v) is 6.04. The van der Waals surface area contributed by atoms with E-state index in [0.29, 0.717) is 24.3 Å². The van der Waals surface area contributed by atoms with Gasteiger partial charge in [0.1, 0.15) is 11.5 Å². The van der Waals surface area contributed by atoms with Gasteiger partial charge in [-0.2, -0.15) is 0 Å². The van der Waals surface area contributed by atoms with Gasteiger partial charge in [0.15, 0.2) is 0 Å². The molecule has 29 heavy (non-hydrogen) atoms. The summed E-state index contributed by atoms with van der Waals surface area (Å²) in [7, 11) is 0. The number of piperidine rings is 1. The Balaban J connectivity index is 1.36. The Bertz CT molecular complexity index is 840. The Morgan fingerprint density at radius 2 is 2.00 bits per heavy atom. The number of amides is 1. The Morgan fingerprint density at radius 3 is 2.72 bits per heavy atom. The van der Waals surface area contributed by atoms with Crippen molar-refractivity contribution in [3.05, 3.63) is 35.7 Å². The minimum atomic E-state index is 0.338. The summed E-state index contributed by atoms with van der Waals surface area (Å²) in [5.74, 6) is 3.27. The largest absolute Gasteiger partial charge is 0.493 e. The fourth-order valence-electron chi connectivity index (χ4n) is 4.36. The molecule has 1 aromatic heterocycles. The van der Waals surface area contributed by atoms with E-state index in [2.05, 4.69) is 9.80 Å². The van der Waals surface area contributed by atoms with Gasteiger partial charge in [-0.3, -0.25) is 9.69 Å². The lowest BCUT2D eigenvalue weighted by atomic mass is 9.96. The van der Waals surface area contributed by atoms with Gasteiger partial charge in [0.25, 0.3) is 0 Å². The van der Waals surface area contributed by atoms with E-state index in [-0.39, 0.29) is 0 Å². The molecule has 4 rings (SSSR count). The maximum atomic E-state index is 11.9. The highest BCUT2D eigenvalue weighted by molar-refractivity contribution is 5.78. The molecule has 6 heteroatoms. The Kier molecular flexibility index (Phi) is 6.19. The number of rotatable bonds is 7. The molecule has 2 fully saturated rings. The first kappa shape index (κ1) is 20.0. The van der Waals surface area contributed by atoms with Crippen LogP contribution in [0.25, 0.3) is 11.5 Å². The number of oxazole rings is 1. The number of carbonyl (C=O) groups excluding carboxylic acids is 1. The van der Waals surface area contributed by atoms with Crippen molar-refractivity contribution in [2.75, 3.05) is 32.8 Å². The fourth-order valence-corrected chi connectivity index (χ4v) is 4.36. The molecule has 2 aliphatic rings. The van der Waals surface area contributed by atoms with Crippen LogP contribution in [0.1, 0.15) is 44.1 Å². The fraction of sp³-hybridized carbons (Fsp3) is 0.565. The van der Waals surface area contributed by atoms with E-state index < -0.39 is 0 Å². The summed E-state index contributed by atoms with van der Waals surface area (Å²) in [4.78, 5) is 21.2. The van der Waals surface area contributed by atoms with Crippen LogP contribution in [0.5, 0.6) is 5.75 Å². The Labute approximate surface area is 172 Å². The maximum Gasteiger partial charge on any atom is 0.230 e. The van der Waals surface area contributed by atoms with Crippen LogP contribution in [-0.2, 0) is 11.3 Å². The molecule has 2 aromatic rings. The van der Waals surface area contributed by atoms with Crippen molar-refractivity contribution in [2.24, 2.45) is 5.92 Å². The van der Waals surface area contributed by atoms with Crippen LogP contribution < -0.4 is 4.74 Å². The molecule has 0 atom stereocenters. The van der Waals surface area contributed by atoms with Crippen LogP contribution >= 0.6 is 0 Å². The molecule has 0 saturated carbocycles. The van der Waals surface area contributed by atoms with Gasteiger partial charge >= 0.3 is 0 Å². The third-order valence-electron chi connectivity index (χ3n) is 6.04. The van der Waals surface area contributed by atoms with Gasteiger partial charge in [-0.1, -0.05) is 12.1 Å². The number of hydrogen-bond donors (Lipinski definition) is 0. The monoisotopic (exact) mass is 397 g/mol. The molecule has 0 aliphatic carbocycles. The number of benzene rings is 1. The van der Waals surface area contributed by atoms with E-state index in [1.54, 1.807) is 0 Å². The SMILES string of the molecule is CCOc1ccccc1-c1nc(CN2CCC(CN3CCCC3=O)CC2)c(C)o1. The second kappa shape index (κ2) is 8.99. The van der Waals surface area contributed by atoms with Gasteiger partial charge in [0, 0.05) is 26.1 Å². The summed E-state index contributed by atoms with van der Waals surface area (Å²) >= 11 is 0. The third kappa shape index (κ3) is 4.64.